The van der Waals surface area contributed by atoms with Crippen LogP contribution in [0.25, 0.3) is 0 Å². The third kappa shape index (κ3) is 3.54. The van der Waals surface area contributed by atoms with Crippen LogP contribution < -0.4 is 25.3 Å². The maximum atomic E-state index is 13.0. The Morgan fingerprint density at radius 3 is 2.12 bits per heavy atom. The number of carbonyl (C=O) groups is 1. The number of nitrogens with one attached hydrogen (secondary N) is 1. The van der Waals surface area contributed by atoms with Gasteiger partial charge in [-0.2, -0.15) is 0 Å². The van der Waals surface area contributed by atoms with Crippen molar-refractivity contribution in [1.29, 1.82) is 0 Å². The monoisotopic (exact) mass is 348 g/mol. The van der Waals surface area contributed by atoms with Crippen molar-refractivity contribution in [3.8, 4) is 17.2 Å². The molecule has 0 saturated heterocycles. The molecule has 25 heavy (non-hydrogen) atoms. The van der Waals surface area contributed by atoms with Gasteiger partial charge in [0.25, 0.3) is 5.91 Å². The fourth-order valence-corrected chi connectivity index (χ4v) is 4.46. The van der Waals surface area contributed by atoms with Gasteiger partial charge in [-0.1, -0.05) is 6.42 Å². The van der Waals surface area contributed by atoms with Gasteiger partial charge in [0.2, 0.25) is 0 Å². The molecule has 6 heteroatoms. The largest absolute Gasteiger partial charge is 0.496 e. The molecule has 2 unspecified atom stereocenters. The topological polar surface area (TPSA) is 82.8 Å². The van der Waals surface area contributed by atoms with Gasteiger partial charge in [-0.3, -0.25) is 4.79 Å². The lowest BCUT2D eigenvalue weighted by Crippen LogP contribution is -2.53. The van der Waals surface area contributed by atoms with E-state index in [-0.39, 0.29) is 18.0 Å². The zero-order chi connectivity index (χ0) is 18.0. The van der Waals surface area contributed by atoms with Crippen LogP contribution in [0.5, 0.6) is 17.2 Å². The number of fused-ring (bicyclic) bond motifs is 2. The fourth-order valence-electron chi connectivity index (χ4n) is 4.46. The Bertz CT molecular complexity index is 620. The van der Waals surface area contributed by atoms with Gasteiger partial charge in [-0.05, 0) is 37.5 Å². The van der Waals surface area contributed by atoms with E-state index in [9.17, 15) is 4.79 Å². The molecular formula is C19H28N2O4. The van der Waals surface area contributed by atoms with E-state index in [1.54, 1.807) is 33.5 Å². The van der Waals surface area contributed by atoms with Crippen LogP contribution >= 0.6 is 0 Å². The van der Waals surface area contributed by atoms with Gasteiger partial charge in [-0.25, -0.2) is 0 Å². The van der Waals surface area contributed by atoms with Crippen LogP contribution in [0.3, 0.4) is 0 Å². The number of hydrogen-bond donors (Lipinski definition) is 2. The van der Waals surface area contributed by atoms with Crippen LogP contribution in [-0.2, 0) is 0 Å². The molecule has 6 nitrogen and oxygen atoms in total. The summed E-state index contributed by atoms with van der Waals surface area (Å²) in [6.45, 7) is 0. The van der Waals surface area contributed by atoms with E-state index in [0.29, 0.717) is 34.6 Å². The highest BCUT2D eigenvalue weighted by atomic mass is 16.5. The van der Waals surface area contributed by atoms with Gasteiger partial charge in [0, 0.05) is 24.2 Å². The minimum absolute atomic E-state index is 0.129. The summed E-state index contributed by atoms with van der Waals surface area (Å²) in [7, 11) is 4.66. The third-order valence-corrected chi connectivity index (χ3v) is 5.62. The van der Waals surface area contributed by atoms with E-state index >= 15 is 0 Å². The molecule has 2 aliphatic carbocycles. The summed E-state index contributed by atoms with van der Waals surface area (Å²) in [5.41, 5.74) is 6.65. The average molecular weight is 348 g/mol. The SMILES string of the molecule is COc1cc(OC)c(C(=O)NC2C3CCCC2CC(N)C3)cc1OC. The van der Waals surface area contributed by atoms with Crippen molar-refractivity contribution < 1.29 is 19.0 Å². The molecule has 2 atom stereocenters. The van der Waals surface area contributed by atoms with Crippen LogP contribution in [0.4, 0.5) is 0 Å². The molecule has 0 heterocycles. The molecule has 2 bridgehead atoms. The Hall–Kier alpha value is -1.95. The van der Waals surface area contributed by atoms with E-state index in [4.69, 9.17) is 19.9 Å². The maximum absolute atomic E-state index is 13.0. The summed E-state index contributed by atoms with van der Waals surface area (Å²) < 4.78 is 16.0. The van der Waals surface area contributed by atoms with E-state index in [1.807, 2.05) is 0 Å². The number of hydrogen-bond acceptors (Lipinski definition) is 5. The normalized spacial score (nSPS) is 28.2. The van der Waals surface area contributed by atoms with Gasteiger partial charge < -0.3 is 25.3 Å². The molecule has 1 amide bonds. The van der Waals surface area contributed by atoms with E-state index in [2.05, 4.69) is 5.32 Å². The molecule has 2 saturated carbocycles. The lowest BCUT2D eigenvalue weighted by molar-refractivity contribution is 0.0753. The van der Waals surface area contributed by atoms with Crippen molar-refractivity contribution in [3.05, 3.63) is 17.7 Å². The minimum Gasteiger partial charge on any atom is -0.496 e. The maximum Gasteiger partial charge on any atom is 0.255 e. The summed E-state index contributed by atoms with van der Waals surface area (Å²) in [5.74, 6) is 2.34. The predicted octanol–water partition coefficient (Wildman–Crippen LogP) is 2.35. The van der Waals surface area contributed by atoms with Crippen molar-refractivity contribution in [3.63, 3.8) is 0 Å². The van der Waals surface area contributed by atoms with E-state index in [1.165, 1.54) is 6.42 Å². The molecule has 138 valence electrons. The Balaban J connectivity index is 1.83. The Labute approximate surface area is 149 Å². The standard InChI is InChI=1S/C19H28N2O4/c1-23-15-10-17(25-3)16(24-2)9-14(15)19(22)21-18-11-5-4-6-12(18)8-13(20)7-11/h9-13,18H,4-8,20H2,1-3H3,(H,21,22). The summed E-state index contributed by atoms with van der Waals surface area (Å²) in [6, 6.07) is 3.82. The van der Waals surface area contributed by atoms with Crippen molar-refractivity contribution in [2.24, 2.45) is 17.6 Å². The Morgan fingerprint density at radius 2 is 1.56 bits per heavy atom. The van der Waals surface area contributed by atoms with Gasteiger partial charge in [0.05, 0.1) is 26.9 Å². The first kappa shape index (κ1) is 17.9. The van der Waals surface area contributed by atoms with Gasteiger partial charge >= 0.3 is 0 Å². The van der Waals surface area contributed by atoms with Gasteiger partial charge in [-0.15, -0.1) is 0 Å². The highest BCUT2D eigenvalue weighted by Crippen LogP contribution is 2.40. The van der Waals surface area contributed by atoms with E-state index in [0.717, 1.165) is 25.7 Å². The molecule has 1 aromatic carbocycles. The Kier molecular flexibility index (Phi) is 5.37. The summed E-state index contributed by atoms with van der Waals surface area (Å²) in [5, 5.41) is 3.25. The van der Waals surface area contributed by atoms with Crippen molar-refractivity contribution in [2.45, 2.75) is 44.2 Å². The second kappa shape index (κ2) is 7.52. The zero-order valence-electron chi connectivity index (χ0n) is 15.2. The summed E-state index contributed by atoms with van der Waals surface area (Å²) >= 11 is 0. The minimum atomic E-state index is -0.129. The summed E-state index contributed by atoms with van der Waals surface area (Å²) in [4.78, 5) is 13.0. The molecule has 0 radical (unpaired) electrons. The zero-order valence-corrected chi connectivity index (χ0v) is 15.2. The number of carbonyl (C=O) groups excluding carboxylic acids is 1. The van der Waals surface area contributed by atoms with Crippen LogP contribution in [-0.4, -0.2) is 39.3 Å². The van der Waals surface area contributed by atoms with Gasteiger partial charge in [0.1, 0.15) is 5.75 Å². The summed E-state index contributed by atoms with van der Waals surface area (Å²) in [6.07, 6.45) is 5.49. The van der Waals surface area contributed by atoms with Gasteiger partial charge in [0.15, 0.2) is 11.5 Å². The number of rotatable bonds is 5. The first-order chi connectivity index (χ1) is 12.1. The van der Waals surface area contributed by atoms with Crippen molar-refractivity contribution >= 4 is 5.91 Å². The van der Waals surface area contributed by atoms with E-state index < -0.39 is 0 Å². The first-order valence-corrected chi connectivity index (χ1v) is 8.93. The molecule has 0 aliphatic heterocycles. The lowest BCUT2D eigenvalue weighted by atomic mass is 9.67. The lowest BCUT2D eigenvalue weighted by Gasteiger charge is -2.45. The number of benzene rings is 1. The molecule has 3 rings (SSSR count). The molecule has 0 spiro atoms. The number of methoxy groups -OCH3 is 3. The molecule has 2 aliphatic rings. The molecular weight excluding hydrogens is 320 g/mol. The van der Waals surface area contributed by atoms with Crippen LogP contribution in [0, 0.1) is 11.8 Å². The van der Waals surface area contributed by atoms with Crippen molar-refractivity contribution in [1.82, 2.24) is 5.32 Å². The molecule has 1 aromatic rings. The predicted molar refractivity (Wildman–Crippen MR) is 95.4 cm³/mol. The second-order valence-electron chi connectivity index (χ2n) is 7.09. The quantitative estimate of drug-likeness (QED) is 0.853. The molecule has 2 fully saturated rings. The number of amides is 1. The van der Waals surface area contributed by atoms with Crippen LogP contribution in [0.15, 0.2) is 12.1 Å². The number of nitrogens with two attached hydrogens (primary N) is 1. The second-order valence-corrected chi connectivity index (χ2v) is 7.09. The van der Waals surface area contributed by atoms with Crippen molar-refractivity contribution in [2.75, 3.05) is 21.3 Å². The third-order valence-electron chi connectivity index (χ3n) is 5.62. The number of ether oxygens (including phenoxy) is 3. The Morgan fingerprint density at radius 1 is 1.00 bits per heavy atom. The smallest absolute Gasteiger partial charge is 0.255 e. The first-order valence-electron chi connectivity index (χ1n) is 8.93. The molecule has 3 N–H and O–H groups in total. The average Bonchev–Trinajstić information content (AvgIpc) is 2.61. The van der Waals surface area contributed by atoms with Crippen LogP contribution in [0.2, 0.25) is 0 Å². The fraction of sp³-hybridized carbons (Fsp3) is 0.632. The highest BCUT2D eigenvalue weighted by molar-refractivity contribution is 5.98. The molecule has 0 aromatic heterocycles. The van der Waals surface area contributed by atoms with Crippen LogP contribution in [0.1, 0.15) is 42.5 Å². The highest BCUT2D eigenvalue weighted by Gasteiger charge is 2.40.